The van der Waals surface area contributed by atoms with Crippen molar-refractivity contribution in [3.05, 3.63) is 0 Å². The summed E-state index contributed by atoms with van der Waals surface area (Å²) in [7, 11) is 0. The standard InChI is InChI=1S/C10H17NO2/c1-8-2-4-11(6-8)10(12)9-3-5-13-7-9/h8-9H,2-7H2,1H3. The van der Waals surface area contributed by atoms with E-state index in [1.807, 2.05) is 4.90 Å². The number of carbonyl (C=O) groups is 1. The predicted octanol–water partition coefficient (Wildman–Crippen LogP) is 0.891. The van der Waals surface area contributed by atoms with Gasteiger partial charge in [0, 0.05) is 19.7 Å². The van der Waals surface area contributed by atoms with Crippen LogP contribution in [-0.4, -0.2) is 37.1 Å². The molecular weight excluding hydrogens is 166 g/mol. The molecule has 2 unspecified atom stereocenters. The van der Waals surface area contributed by atoms with E-state index in [0.717, 1.165) is 26.1 Å². The lowest BCUT2D eigenvalue weighted by molar-refractivity contribution is -0.134. The number of amides is 1. The number of ether oxygens (including phenoxy) is 1. The first kappa shape index (κ1) is 9.00. The minimum atomic E-state index is 0.158. The Morgan fingerprint density at radius 3 is 2.85 bits per heavy atom. The highest BCUT2D eigenvalue weighted by Gasteiger charge is 2.31. The summed E-state index contributed by atoms with van der Waals surface area (Å²) < 4.78 is 5.22. The molecule has 0 saturated carbocycles. The maximum atomic E-state index is 11.8. The van der Waals surface area contributed by atoms with Crippen LogP contribution in [0.3, 0.4) is 0 Å². The van der Waals surface area contributed by atoms with Crippen LogP contribution in [0.25, 0.3) is 0 Å². The van der Waals surface area contributed by atoms with Crippen LogP contribution in [0.1, 0.15) is 19.8 Å². The average molecular weight is 183 g/mol. The molecule has 0 radical (unpaired) electrons. The summed E-state index contributed by atoms with van der Waals surface area (Å²) in [6.45, 7) is 5.52. The van der Waals surface area contributed by atoms with Gasteiger partial charge in [-0.3, -0.25) is 4.79 Å². The first-order chi connectivity index (χ1) is 6.27. The normalized spacial score (nSPS) is 34.1. The van der Waals surface area contributed by atoms with Crippen LogP contribution in [0.5, 0.6) is 0 Å². The van der Waals surface area contributed by atoms with E-state index < -0.39 is 0 Å². The zero-order chi connectivity index (χ0) is 9.26. The number of carbonyl (C=O) groups excluding carboxylic acids is 1. The largest absolute Gasteiger partial charge is 0.381 e. The van der Waals surface area contributed by atoms with E-state index in [0.29, 0.717) is 18.4 Å². The Labute approximate surface area is 79.0 Å². The molecular formula is C10H17NO2. The van der Waals surface area contributed by atoms with Gasteiger partial charge in [0.15, 0.2) is 0 Å². The molecule has 0 spiro atoms. The molecule has 1 amide bonds. The first-order valence-electron chi connectivity index (χ1n) is 5.14. The third kappa shape index (κ3) is 1.85. The summed E-state index contributed by atoms with van der Waals surface area (Å²) in [6.07, 6.45) is 2.09. The highest BCUT2D eigenvalue weighted by molar-refractivity contribution is 5.79. The summed E-state index contributed by atoms with van der Waals surface area (Å²) in [5.41, 5.74) is 0. The molecule has 2 aliphatic rings. The highest BCUT2D eigenvalue weighted by atomic mass is 16.5. The summed E-state index contributed by atoms with van der Waals surface area (Å²) in [5, 5.41) is 0. The molecule has 74 valence electrons. The molecule has 2 fully saturated rings. The molecule has 13 heavy (non-hydrogen) atoms. The minimum absolute atomic E-state index is 0.158. The third-order valence-corrected chi connectivity index (χ3v) is 3.01. The molecule has 2 heterocycles. The Kier molecular flexibility index (Phi) is 2.54. The van der Waals surface area contributed by atoms with Crippen molar-refractivity contribution in [3.63, 3.8) is 0 Å². The maximum absolute atomic E-state index is 11.8. The predicted molar refractivity (Wildman–Crippen MR) is 49.3 cm³/mol. The fourth-order valence-corrected chi connectivity index (χ4v) is 2.12. The Morgan fingerprint density at radius 2 is 2.31 bits per heavy atom. The van der Waals surface area contributed by atoms with E-state index >= 15 is 0 Å². The first-order valence-corrected chi connectivity index (χ1v) is 5.14. The summed E-state index contributed by atoms with van der Waals surface area (Å²) in [6, 6.07) is 0. The smallest absolute Gasteiger partial charge is 0.228 e. The van der Waals surface area contributed by atoms with Crippen molar-refractivity contribution in [1.82, 2.24) is 4.90 Å². The molecule has 0 N–H and O–H groups in total. The van der Waals surface area contributed by atoms with Crippen LogP contribution in [0.4, 0.5) is 0 Å². The van der Waals surface area contributed by atoms with Crippen LogP contribution < -0.4 is 0 Å². The molecule has 2 saturated heterocycles. The number of likely N-dealkylation sites (tertiary alicyclic amines) is 1. The third-order valence-electron chi connectivity index (χ3n) is 3.01. The van der Waals surface area contributed by atoms with Gasteiger partial charge in [0.1, 0.15) is 0 Å². The van der Waals surface area contributed by atoms with Crippen molar-refractivity contribution < 1.29 is 9.53 Å². The van der Waals surface area contributed by atoms with Gasteiger partial charge < -0.3 is 9.64 Å². The molecule has 0 bridgehead atoms. The zero-order valence-corrected chi connectivity index (χ0v) is 8.16. The van der Waals surface area contributed by atoms with Crippen LogP contribution in [-0.2, 0) is 9.53 Å². The van der Waals surface area contributed by atoms with Crippen molar-refractivity contribution in [3.8, 4) is 0 Å². The van der Waals surface area contributed by atoms with E-state index in [1.165, 1.54) is 6.42 Å². The summed E-state index contributed by atoms with van der Waals surface area (Å²) in [5.74, 6) is 1.17. The van der Waals surface area contributed by atoms with E-state index in [1.54, 1.807) is 0 Å². The van der Waals surface area contributed by atoms with Crippen molar-refractivity contribution in [1.29, 1.82) is 0 Å². The second-order valence-corrected chi connectivity index (χ2v) is 4.24. The Morgan fingerprint density at radius 1 is 1.46 bits per heavy atom. The number of rotatable bonds is 1. The van der Waals surface area contributed by atoms with Gasteiger partial charge in [-0.05, 0) is 18.8 Å². The van der Waals surface area contributed by atoms with E-state index in [9.17, 15) is 4.79 Å². The van der Waals surface area contributed by atoms with Gasteiger partial charge in [0.05, 0.1) is 12.5 Å². The second-order valence-electron chi connectivity index (χ2n) is 4.24. The van der Waals surface area contributed by atoms with Crippen LogP contribution >= 0.6 is 0 Å². The minimum Gasteiger partial charge on any atom is -0.381 e. The molecule has 2 rings (SSSR count). The number of hydrogen-bond donors (Lipinski definition) is 0. The van der Waals surface area contributed by atoms with E-state index in [4.69, 9.17) is 4.74 Å². The number of nitrogens with zero attached hydrogens (tertiary/aromatic N) is 1. The second kappa shape index (κ2) is 3.66. The van der Waals surface area contributed by atoms with Crippen LogP contribution in [0.2, 0.25) is 0 Å². The Hall–Kier alpha value is -0.570. The van der Waals surface area contributed by atoms with Gasteiger partial charge in [0.2, 0.25) is 5.91 Å². The molecule has 2 atom stereocenters. The molecule has 0 aliphatic carbocycles. The van der Waals surface area contributed by atoms with Gasteiger partial charge in [-0.2, -0.15) is 0 Å². The van der Waals surface area contributed by atoms with Gasteiger partial charge in [-0.15, -0.1) is 0 Å². The Bertz CT molecular complexity index is 199. The van der Waals surface area contributed by atoms with Gasteiger partial charge in [-0.25, -0.2) is 0 Å². The molecule has 2 aliphatic heterocycles. The lowest BCUT2D eigenvalue weighted by atomic mass is 10.1. The summed E-state index contributed by atoms with van der Waals surface area (Å²) >= 11 is 0. The van der Waals surface area contributed by atoms with Crippen LogP contribution in [0.15, 0.2) is 0 Å². The molecule has 3 nitrogen and oxygen atoms in total. The topological polar surface area (TPSA) is 29.5 Å². The molecule has 3 heteroatoms. The fraction of sp³-hybridized carbons (Fsp3) is 0.900. The quantitative estimate of drug-likeness (QED) is 0.604. The number of hydrogen-bond acceptors (Lipinski definition) is 2. The lowest BCUT2D eigenvalue weighted by Crippen LogP contribution is -2.34. The van der Waals surface area contributed by atoms with E-state index in [2.05, 4.69) is 6.92 Å². The molecule has 0 aromatic carbocycles. The zero-order valence-electron chi connectivity index (χ0n) is 8.16. The SMILES string of the molecule is CC1CCN(C(=O)C2CCOC2)C1. The van der Waals surface area contributed by atoms with Crippen molar-refractivity contribution >= 4 is 5.91 Å². The van der Waals surface area contributed by atoms with E-state index in [-0.39, 0.29) is 5.92 Å². The average Bonchev–Trinajstić information content (AvgIpc) is 2.72. The maximum Gasteiger partial charge on any atom is 0.228 e. The van der Waals surface area contributed by atoms with Crippen LogP contribution in [0, 0.1) is 11.8 Å². The Balaban J connectivity index is 1.89. The van der Waals surface area contributed by atoms with Gasteiger partial charge in [-0.1, -0.05) is 6.92 Å². The van der Waals surface area contributed by atoms with Crippen molar-refractivity contribution in [2.75, 3.05) is 26.3 Å². The fourth-order valence-electron chi connectivity index (χ4n) is 2.12. The van der Waals surface area contributed by atoms with Gasteiger partial charge >= 0.3 is 0 Å². The van der Waals surface area contributed by atoms with Crippen molar-refractivity contribution in [2.45, 2.75) is 19.8 Å². The monoisotopic (exact) mass is 183 g/mol. The van der Waals surface area contributed by atoms with Gasteiger partial charge in [0.25, 0.3) is 0 Å². The molecule has 0 aromatic rings. The molecule has 0 aromatic heterocycles. The summed E-state index contributed by atoms with van der Waals surface area (Å²) in [4.78, 5) is 13.8. The lowest BCUT2D eigenvalue weighted by Gasteiger charge is -2.19. The van der Waals surface area contributed by atoms with Crippen molar-refractivity contribution in [2.24, 2.45) is 11.8 Å². The highest BCUT2D eigenvalue weighted by Crippen LogP contribution is 2.21.